The lowest BCUT2D eigenvalue weighted by atomic mass is 9.78. The number of anilines is 1. The number of rotatable bonds is 4. The number of hydrogen-bond donors (Lipinski definition) is 4. The van der Waals surface area contributed by atoms with Crippen molar-refractivity contribution in [2.75, 3.05) is 12.3 Å². The van der Waals surface area contributed by atoms with E-state index in [2.05, 4.69) is 5.32 Å². The molecule has 0 radical (unpaired) electrons. The summed E-state index contributed by atoms with van der Waals surface area (Å²) in [5, 5.41) is 11.6. The van der Waals surface area contributed by atoms with Crippen molar-refractivity contribution in [1.82, 2.24) is 10.8 Å². The van der Waals surface area contributed by atoms with Gasteiger partial charge < -0.3 is 11.1 Å². The van der Waals surface area contributed by atoms with Crippen molar-refractivity contribution in [3.05, 3.63) is 29.8 Å². The Bertz CT molecular complexity index is 501. The number of carbonyl (C=O) groups is 2. The summed E-state index contributed by atoms with van der Waals surface area (Å²) in [7, 11) is 0. The monoisotopic (exact) mass is 291 g/mol. The first-order chi connectivity index (χ1) is 10.1. The van der Waals surface area contributed by atoms with E-state index in [0.29, 0.717) is 17.8 Å². The van der Waals surface area contributed by atoms with Gasteiger partial charge in [-0.25, -0.2) is 5.48 Å². The molecule has 0 aliphatic heterocycles. The third kappa shape index (κ3) is 3.95. The smallest absolute Gasteiger partial charge is 0.251 e. The van der Waals surface area contributed by atoms with Crippen LogP contribution in [0.25, 0.3) is 0 Å². The minimum absolute atomic E-state index is 0.0589. The summed E-state index contributed by atoms with van der Waals surface area (Å²) in [5.41, 5.74) is 8.46. The highest BCUT2D eigenvalue weighted by atomic mass is 16.5. The van der Waals surface area contributed by atoms with Crippen LogP contribution in [-0.2, 0) is 4.79 Å². The first kappa shape index (κ1) is 15.3. The molecule has 0 saturated heterocycles. The molecule has 1 aliphatic rings. The lowest BCUT2D eigenvalue weighted by Gasteiger charge is -2.29. The van der Waals surface area contributed by atoms with E-state index in [1.165, 1.54) is 0 Å². The minimum atomic E-state index is -0.360. The number of benzene rings is 1. The van der Waals surface area contributed by atoms with Gasteiger partial charge in [-0.15, -0.1) is 0 Å². The molecule has 114 valence electrons. The molecule has 0 unspecified atom stereocenters. The normalized spacial score (nSPS) is 21.6. The molecule has 1 aromatic carbocycles. The Morgan fingerprint density at radius 2 is 1.86 bits per heavy atom. The number of hydrogen-bond acceptors (Lipinski definition) is 4. The van der Waals surface area contributed by atoms with Gasteiger partial charge in [0.2, 0.25) is 5.91 Å². The van der Waals surface area contributed by atoms with E-state index in [9.17, 15) is 9.59 Å². The maximum absolute atomic E-state index is 12.0. The van der Waals surface area contributed by atoms with Crippen molar-refractivity contribution in [3.8, 4) is 0 Å². The second-order valence-electron chi connectivity index (χ2n) is 5.46. The summed E-state index contributed by atoms with van der Waals surface area (Å²) < 4.78 is 0. The number of amides is 2. The van der Waals surface area contributed by atoms with E-state index in [4.69, 9.17) is 10.9 Å². The third-order valence-electron chi connectivity index (χ3n) is 4.05. The van der Waals surface area contributed by atoms with Crippen molar-refractivity contribution < 1.29 is 14.8 Å². The van der Waals surface area contributed by atoms with Gasteiger partial charge in [-0.05, 0) is 43.0 Å². The molecule has 21 heavy (non-hydrogen) atoms. The van der Waals surface area contributed by atoms with Gasteiger partial charge in [0.1, 0.15) is 0 Å². The number of hydroxylamine groups is 1. The van der Waals surface area contributed by atoms with Crippen LogP contribution in [-0.4, -0.2) is 23.6 Å². The van der Waals surface area contributed by atoms with E-state index in [-0.39, 0.29) is 23.7 Å². The molecule has 1 aromatic rings. The average Bonchev–Trinajstić information content (AvgIpc) is 2.52. The van der Waals surface area contributed by atoms with Crippen LogP contribution in [0.15, 0.2) is 24.3 Å². The van der Waals surface area contributed by atoms with Gasteiger partial charge in [0.25, 0.3) is 5.91 Å². The molecule has 2 atom stereocenters. The molecule has 2 rings (SSSR count). The fraction of sp³-hybridized carbons (Fsp3) is 0.467. The summed E-state index contributed by atoms with van der Waals surface area (Å²) in [6.45, 7) is 0.432. The van der Waals surface area contributed by atoms with Gasteiger partial charge in [0, 0.05) is 23.7 Å². The van der Waals surface area contributed by atoms with Crippen molar-refractivity contribution in [1.29, 1.82) is 0 Å². The second kappa shape index (κ2) is 7.08. The fourth-order valence-corrected chi connectivity index (χ4v) is 2.84. The van der Waals surface area contributed by atoms with Crippen molar-refractivity contribution in [3.63, 3.8) is 0 Å². The maximum atomic E-state index is 12.0. The van der Waals surface area contributed by atoms with E-state index in [0.717, 1.165) is 25.7 Å². The Hall–Kier alpha value is -2.08. The fourth-order valence-electron chi connectivity index (χ4n) is 2.84. The molecule has 1 aliphatic carbocycles. The van der Waals surface area contributed by atoms with Crippen LogP contribution >= 0.6 is 0 Å². The highest BCUT2D eigenvalue weighted by Crippen LogP contribution is 2.29. The molecular formula is C15H21N3O3. The molecule has 6 nitrogen and oxygen atoms in total. The number of nitrogen functional groups attached to an aromatic ring is 1. The zero-order valence-electron chi connectivity index (χ0n) is 11.8. The van der Waals surface area contributed by atoms with E-state index in [1.807, 2.05) is 0 Å². The lowest BCUT2D eigenvalue weighted by molar-refractivity contribution is -0.136. The second-order valence-corrected chi connectivity index (χ2v) is 5.46. The van der Waals surface area contributed by atoms with E-state index in [1.54, 1.807) is 29.7 Å². The lowest BCUT2D eigenvalue weighted by Crippen LogP contribution is -2.40. The Morgan fingerprint density at radius 1 is 1.19 bits per heavy atom. The molecule has 6 heteroatoms. The molecule has 1 fully saturated rings. The summed E-state index contributed by atoms with van der Waals surface area (Å²) in [6, 6.07) is 6.70. The van der Waals surface area contributed by atoms with Gasteiger partial charge in [0.05, 0.1) is 0 Å². The van der Waals surface area contributed by atoms with E-state index >= 15 is 0 Å². The van der Waals surface area contributed by atoms with Gasteiger partial charge in [0.15, 0.2) is 0 Å². The van der Waals surface area contributed by atoms with Crippen LogP contribution < -0.4 is 16.5 Å². The number of nitrogens with two attached hydrogens (primary N) is 1. The quantitative estimate of drug-likeness (QED) is 0.381. The topological polar surface area (TPSA) is 104 Å². The summed E-state index contributed by atoms with van der Waals surface area (Å²) >= 11 is 0. The van der Waals surface area contributed by atoms with Gasteiger partial charge in [-0.3, -0.25) is 14.8 Å². The molecule has 5 N–H and O–H groups in total. The Morgan fingerprint density at radius 3 is 2.52 bits per heavy atom. The molecular weight excluding hydrogens is 270 g/mol. The summed E-state index contributed by atoms with van der Waals surface area (Å²) in [5.74, 6) is -0.718. The predicted octanol–water partition coefficient (Wildman–Crippen LogP) is 1.31. The molecule has 0 bridgehead atoms. The van der Waals surface area contributed by atoms with Crippen LogP contribution in [0.5, 0.6) is 0 Å². The van der Waals surface area contributed by atoms with Crippen molar-refractivity contribution >= 4 is 17.5 Å². The molecule has 1 saturated carbocycles. The van der Waals surface area contributed by atoms with Gasteiger partial charge in [-0.1, -0.05) is 12.8 Å². The van der Waals surface area contributed by atoms with Crippen molar-refractivity contribution in [2.45, 2.75) is 25.7 Å². The SMILES string of the molecule is Nc1ccc(C(=O)NC[C@@H]2CCCC[C@H]2C(=O)NO)cc1. The minimum Gasteiger partial charge on any atom is -0.399 e. The number of nitrogens with one attached hydrogen (secondary N) is 2. The molecule has 0 heterocycles. The zero-order chi connectivity index (χ0) is 15.2. The Balaban J connectivity index is 1.92. The van der Waals surface area contributed by atoms with Gasteiger partial charge >= 0.3 is 0 Å². The van der Waals surface area contributed by atoms with E-state index < -0.39 is 0 Å². The highest BCUT2D eigenvalue weighted by Gasteiger charge is 2.30. The standard InChI is InChI=1S/C15H21N3O3/c16-12-7-5-10(6-8-12)14(19)17-9-11-3-1-2-4-13(11)15(20)18-21/h5-8,11,13,21H,1-4,9,16H2,(H,17,19)(H,18,20)/t11-,13+/m0/s1. The summed E-state index contributed by atoms with van der Waals surface area (Å²) in [6.07, 6.45) is 3.63. The average molecular weight is 291 g/mol. The molecule has 0 aromatic heterocycles. The maximum Gasteiger partial charge on any atom is 0.251 e. The predicted molar refractivity (Wildman–Crippen MR) is 78.6 cm³/mol. The Labute approximate surface area is 123 Å². The highest BCUT2D eigenvalue weighted by molar-refractivity contribution is 5.94. The molecule has 2 amide bonds. The van der Waals surface area contributed by atoms with Gasteiger partial charge in [-0.2, -0.15) is 0 Å². The first-order valence-electron chi connectivity index (χ1n) is 7.19. The first-order valence-corrected chi connectivity index (χ1v) is 7.19. The van der Waals surface area contributed by atoms with Crippen LogP contribution in [0.2, 0.25) is 0 Å². The van der Waals surface area contributed by atoms with Crippen LogP contribution in [0, 0.1) is 11.8 Å². The van der Waals surface area contributed by atoms with Crippen LogP contribution in [0.1, 0.15) is 36.0 Å². The van der Waals surface area contributed by atoms with Crippen LogP contribution in [0.3, 0.4) is 0 Å². The molecule has 0 spiro atoms. The zero-order valence-corrected chi connectivity index (χ0v) is 11.8. The third-order valence-corrected chi connectivity index (χ3v) is 4.05. The summed E-state index contributed by atoms with van der Waals surface area (Å²) in [4.78, 5) is 23.7. The van der Waals surface area contributed by atoms with Crippen LogP contribution in [0.4, 0.5) is 5.69 Å². The Kier molecular flexibility index (Phi) is 5.16. The van der Waals surface area contributed by atoms with Crippen molar-refractivity contribution in [2.24, 2.45) is 11.8 Å². The largest absolute Gasteiger partial charge is 0.399 e. The number of carbonyl (C=O) groups excluding carboxylic acids is 2.